The molecular formula is C22H27N3O3. The summed E-state index contributed by atoms with van der Waals surface area (Å²) in [5, 5.41) is 2.90. The highest BCUT2D eigenvalue weighted by atomic mass is 16.5. The van der Waals surface area contributed by atoms with Gasteiger partial charge in [-0.05, 0) is 49.9 Å². The maximum Gasteiger partial charge on any atom is 0.317 e. The second kappa shape index (κ2) is 9.35. The molecular weight excluding hydrogens is 354 g/mol. The molecule has 2 amide bonds. The molecule has 2 heterocycles. The van der Waals surface area contributed by atoms with Crippen molar-refractivity contribution in [2.45, 2.75) is 26.7 Å². The molecule has 148 valence electrons. The predicted molar refractivity (Wildman–Crippen MR) is 108 cm³/mol. The van der Waals surface area contributed by atoms with Crippen molar-refractivity contribution in [2.24, 2.45) is 5.92 Å². The zero-order chi connectivity index (χ0) is 19.9. The molecule has 2 aromatic rings. The fourth-order valence-electron chi connectivity index (χ4n) is 3.54. The average molecular weight is 381 g/mol. The topological polar surface area (TPSA) is 71.5 Å². The lowest BCUT2D eigenvalue weighted by atomic mass is 9.92. The number of ketones is 1. The van der Waals surface area contributed by atoms with Gasteiger partial charge in [0.05, 0.1) is 6.54 Å². The highest BCUT2D eigenvalue weighted by molar-refractivity contribution is 5.96. The van der Waals surface area contributed by atoms with Crippen LogP contribution in [0.5, 0.6) is 5.75 Å². The number of ether oxygens (including phenoxy) is 1. The molecule has 1 saturated heterocycles. The maximum atomic E-state index is 12.6. The Hall–Kier alpha value is -2.89. The van der Waals surface area contributed by atoms with Crippen molar-refractivity contribution in [1.29, 1.82) is 0 Å². The number of aromatic nitrogens is 1. The van der Waals surface area contributed by atoms with Gasteiger partial charge in [-0.2, -0.15) is 0 Å². The van der Waals surface area contributed by atoms with Gasteiger partial charge >= 0.3 is 6.03 Å². The second-order valence-corrected chi connectivity index (χ2v) is 7.17. The Morgan fingerprint density at radius 3 is 2.68 bits per heavy atom. The number of benzene rings is 1. The fourth-order valence-corrected chi connectivity index (χ4v) is 3.54. The van der Waals surface area contributed by atoms with E-state index in [-0.39, 0.29) is 17.7 Å². The normalized spacial score (nSPS) is 16.5. The number of amides is 2. The van der Waals surface area contributed by atoms with Crippen LogP contribution in [0.25, 0.3) is 0 Å². The van der Waals surface area contributed by atoms with Gasteiger partial charge in [0, 0.05) is 25.2 Å². The quantitative estimate of drug-likeness (QED) is 0.615. The van der Waals surface area contributed by atoms with Crippen LogP contribution in [0.15, 0.2) is 42.6 Å². The standard InChI is InChI=1S/C22H27N3O3/c1-16-7-5-8-17(2)21(16)28-14-12-24-22(27)25-13-6-9-18(15-25)20(26)19-10-3-4-11-23-19/h3-5,7-8,10-11,18H,6,9,12-15H2,1-2H3,(H,24,27)/t18-/m1/s1. The highest BCUT2D eigenvalue weighted by Gasteiger charge is 2.29. The first-order valence-electron chi connectivity index (χ1n) is 9.73. The van der Waals surface area contributed by atoms with E-state index < -0.39 is 0 Å². The summed E-state index contributed by atoms with van der Waals surface area (Å²) in [7, 11) is 0. The molecule has 0 unspecified atom stereocenters. The number of para-hydroxylation sites is 1. The molecule has 0 aliphatic carbocycles. The van der Waals surface area contributed by atoms with Gasteiger partial charge in [0.1, 0.15) is 18.1 Å². The molecule has 1 N–H and O–H groups in total. The summed E-state index contributed by atoms with van der Waals surface area (Å²) in [5.74, 6) is 0.687. The number of hydrogen-bond acceptors (Lipinski definition) is 4. The third kappa shape index (κ3) is 4.88. The summed E-state index contributed by atoms with van der Waals surface area (Å²) in [6.45, 7) is 5.93. The number of nitrogens with zero attached hydrogens (tertiary/aromatic N) is 2. The van der Waals surface area contributed by atoms with E-state index in [1.54, 1.807) is 23.2 Å². The average Bonchev–Trinajstić information content (AvgIpc) is 2.73. The monoisotopic (exact) mass is 381 g/mol. The van der Waals surface area contributed by atoms with Gasteiger partial charge in [-0.25, -0.2) is 4.79 Å². The Bertz CT molecular complexity index is 803. The van der Waals surface area contributed by atoms with Crippen molar-refractivity contribution in [3.8, 4) is 5.75 Å². The molecule has 0 radical (unpaired) electrons. The molecule has 0 saturated carbocycles. The van der Waals surface area contributed by atoms with Gasteiger partial charge < -0.3 is 15.0 Å². The van der Waals surface area contributed by atoms with E-state index in [0.717, 1.165) is 29.7 Å². The lowest BCUT2D eigenvalue weighted by Gasteiger charge is -2.31. The number of urea groups is 1. The minimum Gasteiger partial charge on any atom is -0.491 e. The van der Waals surface area contributed by atoms with Crippen LogP contribution in [0, 0.1) is 19.8 Å². The van der Waals surface area contributed by atoms with Gasteiger partial charge in [0.2, 0.25) is 0 Å². The van der Waals surface area contributed by atoms with Crippen molar-refractivity contribution in [1.82, 2.24) is 15.2 Å². The van der Waals surface area contributed by atoms with E-state index in [9.17, 15) is 9.59 Å². The molecule has 0 spiro atoms. The summed E-state index contributed by atoms with van der Waals surface area (Å²) >= 11 is 0. The smallest absolute Gasteiger partial charge is 0.317 e. The number of carbonyl (C=O) groups excluding carboxylic acids is 2. The first-order valence-corrected chi connectivity index (χ1v) is 9.73. The van der Waals surface area contributed by atoms with Gasteiger partial charge in [-0.3, -0.25) is 9.78 Å². The largest absolute Gasteiger partial charge is 0.491 e. The molecule has 0 bridgehead atoms. The molecule has 1 fully saturated rings. The number of pyridine rings is 1. The van der Waals surface area contributed by atoms with Crippen LogP contribution in [0.4, 0.5) is 4.79 Å². The third-order valence-corrected chi connectivity index (χ3v) is 5.03. The molecule has 3 rings (SSSR count). The van der Waals surface area contributed by atoms with Crippen LogP contribution < -0.4 is 10.1 Å². The molecule has 6 heteroatoms. The van der Waals surface area contributed by atoms with Crippen molar-refractivity contribution in [3.05, 3.63) is 59.4 Å². The van der Waals surface area contributed by atoms with E-state index in [4.69, 9.17) is 4.74 Å². The molecule has 28 heavy (non-hydrogen) atoms. The molecule has 1 aromatic heterocycles. The number of rotatable bonds is 6. The third-order valence-electron chi connectivity index (χ3n) is 5.03. The minimum atomic E-state index is -0.194. The van der Waals surface area contributed by atoms with Crippen LogP contribution in [-0.4, -0.2) is 47.9 Å². The van der Waals surface area contributed by atoms with E-state index in [2.05, 4.69) is 10.3 Å². The number of nitrogens with one attached hydrogen (secondary N) is 1. The zero-order valence-electron chi connectivity index (χ0n) is 16.5. The van der Waals surface area contributed by atoms with Crippen molar-refractivity contribution in [2.75, 3.05) is 26.2 Å². The van der Waals surface area contributed by atoms with Crippen LogP contribution >= 0.6 is 0 Å². The van der Waals surface area contributed by atoms with E-state index in [1.165, 1.54) is 0 Å². The summed E-state index contributed by atoms with van der Waals surface area (Å²) in [6.07, 6.45) is 3.22. The van der Waals surface area contributed by atoms with Gasteiger partial charge in [-0.15, -0.1) is 0 Å². The maximum absolute atomic E-state index is 12.6. The van der Waals surface area contributed by atoms with E-state index >= 15 is 0 Å². The predicted octanol–water partition coefficient (Wildman–Crippen LogP) is 3.38. The Morgan fingerprint density at radius 1 is 1.18 bits per heavy atom. The highest BCUT2D eigenvalue weighted by Crippen LogP contribution is 2.22. The number of hydrogen-bond donors (Lipinski definition) is 1. The lowest BCUT2D eigenvalue weighted by Crippen LogP contribution is -2.47. The number of aryl methyl sites for hydroxylation is 2. The molecule has 6 nitrogen and oxygen atoms in total. The van der Waals surface area contributed by atoms with Gasteiger partial charge in [0.25, 0.3) is 0 Å². The van der Waals surface area contributed by atoms with Crippen molar-refractivity contribution >= 4 is 11.8 Å². The van der Waals surface area contributed by atoms with Crippen LogP contribution in [0.2, 0.25) is 0 Å². The first-order chi connectivity index (χ1) is 13.6. The summed E-state index contributed by atoms with van der Waals surface area (Å²) in [6, 6.07) is 11.2. The van der Waals surface area contributed by atoms with Crippen molar-refractivity contribution < 1.29 is 14.3 Å². The van der Waals surface area contributed by atoms with Crippen molar-refractivity contribution in [3.63, 3.8) is 0 Å². The molecule has 1 aliphatic heterocycles. The Kier molecular flexibility index (Phi) is 6.63. The minimum absolute atomic E-state index is 0.0106. The van der Waals surface area contributed by atoms with Crippen LogP contribution in [0.1, 0.15) is 34.5 Å². The summed E-state index contributed by atoms with van der Waals surface area (Å²) in [4.78, 5) is 30.9. The van der Waals surface area contributed by atoms with E-state index in [0.29, 0.717) is 31.9 Å². The summed E-state index contributed by atoms with van der Waals surface area (Å²) in [5.41, 5.74) is 2.63. The van der Waals surface area contributed by atoms with E-state index in [1.807, 2.05) is 38.1 Å². The summed E-state index contributed by atoms with van der Waals surface area (Å²) < 4.78 is 5.83. The fraction of sp³-hybridized carbons (Fsp3) is 0.409. The molecule has 1 atom stereocenters. The Balaban J connectivity index is 1.47. The first kappa shape index (κ1) is 19.9. The Morgan fingerprint density at radius 2 is 1.96 bits per heavy atom. The number of likely N-dealkylation sites (tertiary alicyclic amines) is 1. The zero-order valence-corrected chi connectivity index (χ0v) is 16.5. The number of carbonyl (C=O) groups is 2. The number of Topliss-reactive ketones (excluding diaryl/α,β-unsaturated/α-hetero) is 1. The Labute approximate surface area is 165 Å². The van der Waals surface area contributed by atoms with Crippen LogP contribution in [0.3, 0.4) is 0 Å². The second-order valence-electron chi connectivity index (χ2n) is 7.17. The van der Waals surface area contributed by atoms with Crippen LogP contribution in [-0.2, 0) is 0 Å². The molecule has 1 aliphatic rings. The lowest BCUT2D eigenvalue weighted by molar-refractivity contribution is 0.0840. The molecule has 1 aromatic carbocycles. The SMILES string of the molecule is Cc1cccc(C)c1OCCNC(=O)N1CCC[C@@H](C(=O)c2ccccn2)C1. The number of piperidine rings is 1. The van der Waals surface area contributed by atoms with Gasteiger partial charge in [0.15, 0.2) is 5.78 Å². The van der Waals surface area contributed by atoms with Gasteiger partial charge in [-0.1, -0.05) is 24.3 Å².